The molecule has 2 aromatic carbocycles. The van der Waals surface area contributed by atoms with Crippen LogP contribution in [0.5, 0.6) is 0 Å². The summed E-state index contributed by atoms with van der Waals surface area (Å²) in [7, 11) is 0. The van der Waals surface area contributed by atoms with Gasteiger partial charge in [0.15, 0.2) is 0 Å². The van der Waals surface area contributed by atoms with Gasteiger partial charge in [0, 0.05) is 5.92 Å². The molecule has 2 aromatic rings. The molecule has 4 rings (SSSR count). The average Bonchev–Trinajstić information content (AvgIpc) is 3.22. The first-order valence-electron chi connectivity index (χ1n) is 8.96. The zero-order valence-electron chi connectivity index (χ0n) is 13.7. The number of allylic oxidation sites excluding steroid dienone is 4. The normalized spacial score (nSPS) is 15.6. The summed E-state index contributed by atoms with van der Waals surface area (Å²) in [6.45, 7) is 0. The summed E-state index contributed by atoms with van der Waals surface area (Å²) < 4.78 is 0. The molecule has 0 amide bonds. The van der Waals surface area contributed by atoms with Gasteiger partial charge in [-0.2, -0.15) is 0 Å². The van der Waals surface area contributed by atoms with Crippen LogP contribution in [-0.2, 0) is 0 Å². The summed E-state index contributed by atoms with van der Waals surface area (Å²) in [4.78, 5) is 0. The standard InChI is InChI=1S/C23H24/c1(2-10-18-11-4-5-12-18)3-13-19-20-14-6-8-16-22(20)23-17-9-7-15-21(19)23/h4-9,11,14-17,19H,1-3,10,12-13H2. The topological polar surface area (TPSA) is 0 Å². The molecule has 0 saturated heterocycles. The molecule has 0 heteroatoms. The number of unbranched alkanes of at least 4 members (excludes halogenated alkanes) is 2. The van der Waals surface area contributed by atoms with E-state index in [0.717, 1.165) is 0 Å². The van der Waals surface area contributed by atoms with E-state index >= 15 is 0 Å². The Morgan fingerprint density at radius 2 is 1.48 bits per heavy atom. The summed E-state index contributed by atoms with van der Waals surface area (Å²) >= 11 is 0. The van der Waals surface area contributed by atoms with Crippen molar-refractivity contribution in [2.24, 2.45) is 0 Å². The largest absolute Gasteiger partial charge is 0.0805 e. The Labute approximate surface area is 139 Å². The van der Waals surface area contributed by atoms with E-state index in [1.54, 1.807) is 5.57 Å². The number of benzene rings is 2. The van der Waals surface area contributed by atoms with E-state index in [1.807, 2.05) is 0 Å². The first-order valence-corrected chi connectivity index (χ1v) is 8.96. The summed E-state index contributed by atoms with van der Waals surface area (Å²) in [5.74, 6) is 0.606. The Balaban J connectivity index is 1.39. The summed E-state index contributed by atoms with van der Waals surface area (Å²) in [6.07, 6.45) is 14.5. The van der Waals surface area contributed by atoms with Gasteiger partial charge in [-0.1, -0.05) is 85.2 Å². The average molecular weight is 300 g/mol. The Morgan fingerprint density at radius 1 is 0.783 bits per heavy atom. The highest BCUT2D eigenvalue weighted by atomic mass is 14.3. The molecule has 0 aliphatic heterocycles. The smallest absolute Gasteiger partial charge is 0.0102 e. The number of rotatable bonds is 6. The first-order chi connectivity index (χ1) is 11.4. The summed E-state index contributed by atoms with van der Waals surface area (Å²) in [5, 5.41) is 0. The van der Waals surface area contributed by atoms with Gasteiger partial charge in [-0.3, -0.25) is 0 Å². The maximum absolute atomic E-state index is 2.33. The lowest BCUT2D eigenvalue weighted by Crippen LogP contribution is -1.96. The van der Waals surface area contributed by atoms with Crippen LogP contribution in [0.1, 0.15) is 55.6 Å². The van der Waals surface area contributed by atoms with Crippen LogP contribution in [0.2, 0.25) is 0 Å². The van der Waals surface area contributed by atoms with Crippen molar-refractivity contribution in [1.82, 2.24) is 0 Å². The molecular formula is C23H24. The Kier molecular flexibility index (Phi) is 4.15. The van der Waals surface area contributed by atoms with Gasteiger partial charge in [0.2, 0.25) is 0 Å². The molecule has 0 unspecified atom stereocenters. The molecule has 23 heavy (non-hydrogen) atoms. The monoisotopic (exact) mass is 300 g/mol. The SMILES string of the molecule is C1=CCC(CCCCCC2c3ccccc3-c3ccccc32)=C1. The molecule has 0 bridgehead atoms. The second-order valence-electron chi connectivity index (χ2n) is 6.78. The first kappa shape index (κ1) is 14.5. The van der Waals surface area contributed by atoms with Gasteiger partial charge in [0.25, 0.3) is 0 Å². The van der Waals surface area contributed by atoms with E-state index in [2.05, 4.69) is 66.8 Å². The summed E-state index contributed by atoms with van der Waals surface area (Å²) in [6, 6.07) is 17.9. The molecule has 0 saturated carbocycles. The molecule has 0 spiro atoms. The highest BCUT2D eigenvalue weighted by Crippen LogP contribution is 2.46. The van der Waals surface area contributed by atoms with Gasteiger partial charge in [-0.05, 0) is 47.9 Å². The molecule has 0 aromatic heterocycles. The van der Waals surface area contributed by atoms with Gasteiger partial charge in [-0.25, -0.2) is 0 Å². The van der Waals surface area contributed by atoms with E-state index in [-0.39, 0.29) is 0 Å². The van der Waals surface area contributed by atoms with Crippen LogP contribution in [0, 0.1) is 0 Å². The fourth-order valence-corrected chi connectivity index (χ4v) is 4.13. The van der Waals surface area contributed by atoms with Crippen molar-refractivity contribution in [3.8, 4) is 11.1 Å². The molecule has 0 nitrogen and oxygen atoms in total. The molecule has 0 fully saturated rings. The number of hydrogen-bond acceptors (Lipinski definition) is 0. The van der Waals surface area contributed by atoms with Crippen LogP contribution in [0.4, 0.5) is 0 Å². The third-order valence-corrected chi connectivity index (χ3v) is 5.30. The number of fused-ring (bicyclic) bond motifs is 3. The molecule has 0 N–H and O–H groups in total. The van der Waals surface area contributed by atoms with E-state index in [9.17, 15) is 0 Å². The van der Waals surface area contributed by atoms with Crippen molar-refractivity contribution >= 4 is 0 Å². The van der Waals surface area contributed by atoms with Crippen molar-refractivity contribution in [1.29, 1.82) is 0 Å². The lowest BCUT2D eigenvalue weighted by Gasteiger charge is -2.13. The highest BCUT2D eigenvalue weighted by molar-refractivity contribution is 5.78. The molecule has 2 aliphatic carbocycles. The molecule has 116 valence electrons. The second-order valence-corrected chi connectivity index (χ2v) is 6.78. The van der Waals surface area contributed by atoms with Gasteiger partial charge in [0.05, 0.1) is 0 Å². The lowest BCUT2D eigenvalue weighted by molar-refractivity contribution is 0.605. The van der Waals surface area contributed by atoms with E-state index in [0.29, 0.717) is 5.92 Å². The van der Waals surface area contributed by atoms with Gasteiger partial charge in [0.1, 0.15) is 0 Å². The Bertz CT molecular complexity index is 703. The molecule has 0 atom stereocenters. The maximum atomic E-state index is 2.33. The minimum atomic E-state index is 0.606. The van der Waals surface area contributed by atoms with Crippen molar-refractivity contribution in [3.63, 3.8) is 0 Å². The fraction of sp³-hybridized carbons (Fsp3) is 0.304. The predicted octanol–water partition coefficient (Wildman–Crippen LogP) is 6.64. The lowest BCUT2D eigenvalue weighted by atomic mass is 9.91. The highest BCUT2D eigenvalue weighted by Gasteiger charge is 2.27. The van der Waals surface area contributed by atoms with E-state index < -0.39 is 0 Å². The second kappa shape index (κ2) is 6.58. The van der Waals surface area contributed by atoms with Crippen molar-refractivity contribution in [3.05, 3.63) is 83.5 Å². The molecule has 2 aliphatic rings. The minimum Gasteiger partial charge on any atom is -0.0805 e. The van der Waals surface area contributed by atoms with E-state index in [4.69, 9.17) is 0 Å². The third kappa shape index (κ3) is 2.91. The fourth-order valence-electron chi connectivity index (χ4n) is 4.13. The van der Waals surface area contributed by atoms with Gasteiger partial charge in [-0.15, -0.1) is 0 Å². The molecule has 0 radical (unpaired) electrons. The van der Waals surface area contributed by atoms with Crippen LogP contribution in [-0.4, -0.2) is 0 Å². The van der Waals surface area contributed by atoms with Crippen LogP contribution < -0.4 is 0 Å². The third-order valence-electron chi connectivity index (χ3n) is 5.30. The van der Waals surface area contributed by atoms with Crippen LogP contribution in [0.15, 0.2) is 72.3 Å². The van der Waals surface area contributed by atoms with Crippen molar-refractivity contribution in [2.75, 3.05) is 0 Å². The van der Waals surface area contributed by atoms with Gasteiger partial charge < -0.3 is 0 Å². The van der Waals surface area contributed by atoms with Crippen molar-refractivity contribution in [2.45, 2.75) is 44.4 Å². The zero-order chi connectivity index (χ0) is 15.5. The Morgan fingerprint density at radius 3 is 2.13 bits per heavy atom. The van der Waals surface area contributed by atoms with E-state index in [1.165, 1.54) is 60.8 Å². The Hall–Kier alpha value is -2.08. The van der Waals surface area contributed by atoms with Crippen LogP contribution in [0.3, 0.4) is 0 Å². The van der Waals surface area contributed by atoms with Crippen molar-refractivity contribution < 1.29 is 0 Å². The summed E-state index contributed by atoms with van der Waals surface area (Å²) in [5.41, 5.74) is 7.60. The van der Waals surface area contributed by atoms with Crippen LogP contribution in [0.25, 0.3) is 11.1 Å². The van der Waals surface area contributed by atoms with Gasteiger partial charge >= 0.3 is 0 Å². The number of hydrogen-bond donors (Lipinski definition) is 0. The van der Waals surface area contributed by atoms with Crippen LogP contribution >= 0.6 is 0 Å². The molecular weight excluding hydrogens is 276 g/mol. The molecule has 0 heterocycles. The maximum Gasteiger partial charge on any atom is 0.0102 e. The zero-order valence-corrected chi connectivity index (χ0v) is 13.7. The minimum absolute atomic E-state index is 0.606. The quantitative estimate of drug-likeness (QED) is 0.525. The predicted molar refractivity (Wildman–Crippen MR) is 98.6 cm³/mol.